The third-order valence-electron chi connectivity index (χ3n) is 7.50. The van der Waals surface area contributed by atoms with Gasteiger partial charge in [-0.3, -0.25) is 0 Å². The Bertz CT molecular complexity index is 1290. The summed E-state index contributed by atoms with van der Waals surface area (Å²) in [5.74, 6) is 3.42. The summed E-state index contributed by atoms with van der Waals surface area (Å²) in [4.78, 5) is 0. The fraction of sp³-hybridized carbons (Fsp3) is 0.263. The predicted molar refractivity (Wildman–Crippen MR) is 171 cm³/mol. The molecule has 2 heteroatoms. The van der Waals surface area contributed by atoms with Gasteiger partial charge in [0.15, 0.2) is 0 Å². The lowest BCUT2D eigenvalue weighted by molar-refractivity contribution is 0.466. The second-order valence-corrected chi connectivity index (χ2v) is 10.5. The second kappa shape index (κ2) is 14.4. The first-order valence-corrected chi connectivity index (χ1v) is 14.6. The summed E-state index contributed by atoms with van der Waals surface area (Å²) in [6.45, 7) is 8.68. The van der Waals surface area contributed by atoms with Gasteiger partial charge in [0.2, 0.25) is 0 Å². The highest BCUT2D eigenvalue weighted by Gasteiger charge is 2.28. The zero-order chi connectivity index (χ0) is 28.2. The minimum Gasteiger partial charge on any atom is -0.457 e. The molecular formula is C38H42O2. The monoisotopic (exact) mass is 530 g/mol. The van der Waals surface area contributed by atoms with Gasteiger partial charge < -0.3 is 9.47 Å². The summed E-state index contributed by atoms with van der Waals surface area (Å²) >= 11 is 0. The molecule has 0 radical (unpaired) electrons. The van der Waals surface area contributed by atoms with Crippen molar-refractivity contribution in [3.8, 4) is 23.0 Å². The Labute approximate surface area is 241 Å². The third-order valence-corrected chi connectivity index (χ3v) is 7.50. The lowest BCUT2D eigenvalue weighted by Gasteiger charge is -2.31. The molecule has 4 aromatic carbocycles. The van der Waals surface area contributed by atoms with Gasteiger partial charge in [-0.25, -0.2) is 0 Å². The Balaban J connectivity index is 1.58. The van der Waals surface area contributed by atoms with Crippen LogP contribution in [-0.2, 0) is 5.41 Å². The van der Waals surface area contributed by atoms with Crippen LogP contribution in [0.3, 0.4) is 0 Å². The third kappa shape index (κ3) is 7.33. The van der Waals surface area contributed by atoms with Crippen LogP contribution in [0.1, 0.15) is 82.1 Å². The van der Waals surface area contributed by atoms with Crippen LogP contribution in [-0.4, -0.2) is 0 Å². The Hall–Kier alpha value is -4.04. The van der Waals surface area contributed by atoms with Crippen molar-refractivity contribution in [2.75, 3.05) is 0 Å². The fourth-order valence-electron chi connectivity index (χ4n) is 5.18. The van der Waals surface area contributed by atoms with E-state index in [4.69, 9.17) is 9.47 Å². The molecule has 2 nitrogen and oxygen atoms in total. The van der Waals surface area contributed by atoms with Crippen molar-refractivity contribution in [2.24, 2.45) is 0 Å². The molecule has 0 N–H and O–H groups in total. The van der Waals surface area contributed by atoms with Gasteiger partial charge in [0.05, 0.1) is 0 Å². The number of benzene rings is 4. The van der Waals surface area contributed by atoms with Crippen molar-refractivity contribution >= 4 is 12.2 Å². The quantitative estimate of drug-likeness (QED) is 0.160. The van der Waals surface area contributed by atoms with Gasteiger partial charge in [-0.1, -0.05) is 124 Å². The van der Waals surface area contributed by atoms with Gasteiger partial charge >= 0.3 is 0 Å². The summed E-state index contributed by atoms with van der Waals surface area (Å²) in [5, 5.41) is 0. The van der Waals surface area contributed by atoms with Crippen LogP contribution in [0.25, 0.3) is 12.2 Å². The van der Waals surface area contributed by atoms with E-state index in [-0.39, 0.29) is 5.41 Å². The average Bonchev–Trinajstić information content (AvgIpc) is 2.98. The van der Waals surface area contributed by atoms with E-state index in [9.17, 15) is 0 Å². The molecule has 0 fully saturated rings. The molecule has 0 bridgehead atoms. The van der Waals surface area contributed by atoms with E-state index in [1.54, 1.807) is 0 Å². The van der Waals surface area contributed by atoms with Crippen molar-refractivity contribution < 1.29 is 9.47 Å². The van der Waals surface area contributed by atoms with Gasteiger partial charge in [0.25, 0.3) is 0 Å². The van der Waals surface area contributed by atoms with Crippen LogP contribution in [0.4, 0.5) is 0 Å². The Morgan fingerprint density at radius 1 is 0.575 bits per heavy atom. The molecule has 0 amide bonds. The van der Waals surface area contributed by atoms with Crippen molar-refractivity contribution in [1.82, 2.24) is 0 Å². The summed E-state index contributed by atoms with van der Waals surface area (Å²) in [7, 11) is 0. The zero-order valence-electron chi connectivity index (χ0n) is 24.4. The standard InChI is InChI=1S/C38H42O2/c1-5-8-9-14-29-38(4,32-21-25-34(26-22-32)39-36-19-12-10-17-30(36)15-6-2)33-23-27-35(28-24-33)40-37-20-13-11-18-31(37)16-7-3/h6-7,10-13,15-28H,5,8-9,14,29H2,1-4H3/b15-6-,16-7-. The van der Waals surface area contributed by atoms with E-state index in [2.05, 4.69) is 86.7 Å². The number of unbranched alkanes of at least 4 members (excludes halogenated alkanes) is 3. The molecule has 4 aromatic rings. The van der Waals surface area contributed by atoms with Crippen molar-refractivity contribution in [3.05, 3.63) is 131 Å². The van der Waals surface area contributed by atoms with E-state index in [1.807, 2.05) is 62.4 Å². The maximum Gasteiger partial charge on any atom is 0.134 e. The maximum absolute atomic E-state index is 6.28. The molecule has 0 aliphatic rings. The first-order valence-electron chi connectivity index (χ1n) is 14.6. The number of hydrogen-bond acceptors (Lipinski definition) is 2. The van der Waals surface area contributed by atoms with Crippen LogP contribution in [0, 0.1) is 0 Å². The normalized spacial score (nSPS) is 11.8. The summed E-state index contributed by atoms with van der Waals surface area (Å²) in [5.41, 5.74) is 4.63. The molecule has 0 saturated carbocycles. The number of ether oxygens (including phenoxy) is 2. The SMILES string of the molecule is C/C=C\c1ccccc1Oc1ccc(C(C)(CCCCCC)c2ccc(Oc3ccccc3/C=C\C)cc2)cc1. The second-order valence-electron chi connectivity index (χ2n) is 10.5. The fourth-order valence-corrected chi connectivity index (χ4v) is 5.18. The maximum atomic E-state index is 6.28. The molecule has 0 saturated heterocycles. The molecular weight excluding hydrogens is 488 g/mol. The summed E-state index contributed by atoms with van der Waals surface area (Å²) in [6, 6.07) is 33.6. The number of hydrogen-bond donors (Lipinski definition) is 0. The first-order chi connectivity index (χ1) is 19.6. The van der Waals surface area contributed by atoms with E-state index < -0.39 is 0 Å². The minimum absolute atomic E-state index is 0.115. The van der Waals surface area contributed by atoms with Crippen LogP contribution >= 0.6 is 0 Å². The van der Waals surface area contributed by atoms with Gasteiger partial charge in [-0.05, 0) is 67.8 Å². The van der Waals surface area contributed by atoms with Gasteiger partial charge in [0, 0.05) is 16.5 Å². The van der Waals surface area contributed by atoms with Crippen LogP contribution in [0.5, 0.6) is 23.0 Å². The molecule has 0 aliphatic carbocycles. The summed E-state index contributed by atoms with van der Waals surface area (Å²) in [6.07, 6.45) is 14.2. The summed E-state index contributed by atoms with van der Waals surface area (Å²) < 4.78 is 12.6. The van der Waals surface area contributed by atoms with E-state index >= 15 is 0 Å². The predicted octanol–water partition coefficient (Wildman–Crippen LogP) is 11.6. The zero-order valence-corrected chi connectivity index (χ0v) is 24.4. The van der Waals surface area contributed by atoms with Crippen LogP contribution < -0.4 is 9.47 Å². The van der Waals surface area contributed by atoms with E-state index in [0.29, 0.717) is 0 Å². The van der Waals surface area contributed by atoms with Gasteiger partial charge in [0.1, 0.15) is 23.0 Å². The van der Waals surface area contributed by atoms with E-state index in [1.165, 1.54) is 36.8 Å². The number of rotatable bonds is 13. The highest BCUT2D eigenvalue weighted by molar-refractivity contribution is 5.59. The average molecular weight is 531 g/mol. The molecule has 0 heterocycles. The molecule has 0 spiro atoms. The molecule has 40 heavy (non-hydrogen) atoms. The number of allylic oxidation sites excluding steroid dienone is 2. The molecule has 0 unspecified atom stereocenters. The van der Waals surface area contributed by atoms with Crippen molar-refractivity contribution in [3.63, 3.8) is 0 Å². The molecule has 206 valence electrons. The van der Waals surface area contributed by atoms with Crippen molar-refractivity contribution in [2.45, 2.75) is 65.2 Å². The lowest BCUT2D eigenvalue weighted by atomic mass is 9.72. The topological polar surface area (TPSA) is 18.5 Å². The highest BCUT2D eigenvalue weighted by atomic mass is 16.5. The largest absolute Gasteiger partial charge is 0.457 e. The molecule has 4 rings (SSSR count). The van der Waals surface area contributed by atoms with Crippen LogP contribution in [0.2, 0.25) is 0 Å². The Morgan fingerprint density at radius 2 is 1.02 bits per heavy atom. The van der Waals surface area contributed by atoms with Crippen LogP contribution in [0.15, 0.2) is 109 Å². The van der Waals surface area contributed by atoms with Crippen molar-refractivity contribution in [1.29, 1.82) is 0 Å². The Kier molecular flexibility index (Phi) is 10.4. The molecule has 0 aliphatic heterocycles. The Morgan fingerprint density at radius 3 is 1.45 bits per heavy atom. The molecule has 0 atom stereocenters. The van der Waals surface area contributed by atoms with E-state index in [0.717, 1.165) is 40.5 Å². The molecule has 0 aromatic heterocycles. The van der Waals surface area contributed by atoms with Gasteiger partial charge in [-0.15, -0.1) is 0 Å². The first kappa shape index (κ1) is 29.0. The van der Waals surface area contributed by atoms with Gasteiger partial charge in [-0.2, -0.15) is 0 Å². The highest BCUT2D eigenvalue weighted by Crippen LogP contribution is 2.39. The smallest absolute Gasteiger partial charge is 0.134 e. The lowest BCUT2D eigenvalue weighted by Crippen LogP contribution is -2.23. The number of para-hydroxylation sites is 2. The minimum atomic E-state index is -0.115.